The highest BCUT2D eigenvalue weighted by atomic mass is 15.1. The monoisotopic (exact) mass is 389 g/mol. The van der Waals surface area contributed by atoms with Crippen molar-refractivity contribution < 1.29 is 4.57 Å². The number of hydrogen-bond donors (Lipinski definition) is 0. The van der Waals surface area contributed by atoms with Crippen molar-refractivity contribution in [3.05, 3.63) is 54.0 Å². The standard InChI is InChI=1S/C27H37N2/c1-8-11-12-16-26(7)21-14-13-18-29-23(21)22-20(19(4)27(29,9-2)10-3)15-17-28-24(22)25(26,5)6/h13-15,17-18H,4,8-12,16H2,1-3,5-7H3/q+1. The summed E-state index contributed by atoms with van der Waals surface area (Å²) in [6.07, 6.45) is 11.4. The van der Waals surface area contributed by atoms with E-state index < -0.39 is 0 Å². The molecule has 0 saturated carbocycles. The minimum atomic E-state index is -0.0528. The molecule has 1 aliphatic heterocycles. The van der Waals surface area contributed by atoms with E-state index in [0.717, 1.165) is 12.8 Å². The SMILES string of the molecule is C=C1c2ccnc3c2-c2c(ccc[n+]2C1(CC)CC)C(C)(CCCCC)C3(C)C. The third-order valence-corrected chi connectivity index (χ3v) is 8.55. The third-order valence-electron chi connectivity index (χ3n) is 8.55. The molecule has 0 amide bonds. The first-order chi connectivity index (χ1) is 13.8. The zero-order valence-corrected chi connectivity index (χ0v) is 19.2. The fourth-order valence-electron chi connectivity index (χ4n) is 6.18. The summed E-state index contributed by atoms with van der Waals surface area (Å²) in [6.45, 7) is 18.8. The van der Waals surface area contributed by atoms with Gasteiger partial charge in [-0.15, -0.1) is 0 Å². The lowest BCUT2D eigenvalue weighted by atomic mass is 9.53. The van der Waals surface area contributed by atoms with Gasteiger partial charge in [-0.3, -0.25) is 4.98 Å². The van der Waals surface area contributed by atoms with Crippen molar-refractivity contribution in [3.8, 4) is 11.3 Å². The average Bonchev–Trinajstić information content (AvgIpc) is 2.73. The zero-order chi connectivity index (χ0) is 21.0. The van der Waals surface area contributed by atoms with Gasteiger partial charge in [0.05, 0.1) is 11.3 Å². The molecule has 154 valence electrons. The normalized spacial score (nSPS) is 23.0. The van der Waals surface area contributed by atoms with Crippen molar-refractivity contribution >= 4 is 5.57 Å². The second-order valence-corrected chi connectivity index (χ2v) is 9.85. The van der Waals surface area contributed by atoms with Crippen LogP contribution >= 0.6 is 0 Å². The van der Waals surface area contributed by atoms with Crippen molar-refractivity contribution in [1.82, 2.24) is 4.98 Å². The first-order valence-electron chi connectivity index (χ1n) is 11.6. The molecule has 2 heteroatoms. The first-order valence-corrected chi connectivity index (χ1v) is 11.6. The number of pyridine rings is 2. The molecule has 1 unspecified atom stereocenters. The number of allylic oxidation sites excluding steroid dienone is 1. The predicted octanol–water partition coefficient (Wildman–Crippen LogP) is 6.71. The number of aromatic nitrogens is 2. The maximum Gasteiger partial charge on any atom is 0.219 e. The van der Waals surface area contributed by atoms with Crippen LogP contribution in [0.4, 0.5) is 0 Å². The molecule has 2 aromatic heterocycles. The molecule has 1 atom stereocenters. The summed E-state index contributed by atoms with van der Waals surface area (Å²) in [6, 6.07) is 6.87. The summed E-state index contributed by atoms with van der Waals surface area (Å²) < 4.78 is 2.56. The van der Waals surface area contributed by atoms with Gasteiger partial charge in [0.2, 0.25) is 5.69 Å². The summed E-state index contributed by atoms with van der Waals surface area (Å²) >= 11 is 0. The van der Waals surface area contributed by atoms with Crippen LogP contribution in [0.1, 0.15) is 96.9 Å². The average molecular weight is 390 g/mol. The quantitative estimate of drug-likeness (QED) is 0.396. The van der Waals surface area contributed by atoms with Gasteiger partial charge in [0.1, 0.15) is 0 Å². The second kappa shape index (κ2) is 6.79. The predicted molar refractivity (Wildman–Crippen MR) is 122 cm³/mol. The Balaban J connectivity index is 2.09. The lowest BCUT2D eigenvalue weighted by Gasteiger charge is -2.50. The molecule has 1 aliphatic carbocycles. The maximum atomic E-state index is 5.01. The fourth-order valence-corrected chi connectivity index (χ4v) is 6.18. The Hall–Kier alpha value is -1.96. The molecule has 2 nitrogen and oxygen atoms in total. The van der Waals surface area contributed by atoms with E-state index in [1.165, 1.54) is 59.3 Å². The van der Waals surface area contributed by atoms with E-state index in [2.05, 4.69) is 77.1 Å². The lowest BCUT2D eigenvalue weighted by molar-refractivity contribution is -0.742. The summed E-state index contributed by atoms with van der Waals surface area (Å²) in [7, 11) is 0. The fraction of sp³-hybridized carbons (Fsp3) is 0.556. The molecular weight excluding hydrogens is 352 g/mol. The Kier molecular flexibility index (Phi) is 4.76. The van der Waals surface area contributed by atoms with Crippen molar-refractivity contribution in [2.75, 3.05) is 0 Å². The Morgan fingerprint density at radius 3 is 2.41 bits per heavy atom. The van der Waals surface area contributed by atoms with E-state index >= 15 is 0 Å². The van der Waals surface area contributed by atoms with Gasteiger partial charge in [0.25, 0.3) is 0 Å². The van der Waals surface area contributed by atoms with Gasteiger partial charge in [-0.2, -0.15) is 4.57 Å². The Morgan fingerprint density at radius 1 is 1.03 bits per heavy atom. The minimum Gasteiger partial charge on any atom is -0.260 e. The van der Waals surface area contributed by atoms with Crippen LogP contribution in [0.2, 0.25) is 0 Å². The van der Waals surface area contributed by atoms with Gasteiger partial charge in [-0.25, -0.2) is 0 Å². The Morgan fingerprint density at radius 2 is 1.76 bits per heavy atom. The number of rotatable bonds is 6. The number of unbranched alkanes of at least 4 members (excludes halogenated alkanes) is 2. The summed E-state index contributed by atoms with van der Waals surface area (Å²) in [4.78, 5) is 5.01. The molecule has 4 rings (SSSR count). The van der Waals surface area contributed by atoms with Gasteiger partial charge in [0.15, 0.2) is 11.7 Å². The van der Waals surface area contributed by atoms with Crippen LogP contribution in [0.3, 0.4) is 0 Å². The van der Waals surface area contributed by atoms with Crippen molar-refractivity contribution in [1.29, 1.82) is 0 Å². The van der Waals surface area contributed by atoms with Crippen LogP contribution in [0.15, 0.2) is 37.2 Å². The van der Waals surface area contributed by atoms with Crippen molar-refractivity contribution in [3.63, 3.8) is 0 Å². The molecule has 2 aliphatic rings. The van der Waals surface area contributed by atoms with Gasteiger partial charge in [-0.05, 0) is 18.6 Å². The Bertz CT molecular complexity index is 964. The van der Waals surface area contributed by atoms with Crippen molar-refractivity contribution in [2.24, 2.45) is 0 Å². The third kappa shape index (κ3) is 2.41. The molecule has 3 heterocycles. The molecule has 0 aromatic carbocycles. The smallest absolute Gasteiger partial charge is 0.219 e. The van der Waals surface area contributed by atoms with Crippen LogP contribution in [-0.2, 0) is 16.4 Å². The number of nitrogens with zero attached hydrogens (tertiary/aromatic N) is 2. The van der Waals surface area contributed by atoms with Crippen LogP contribution < -0.4 is 4.57 Å². The summed E-state index contributed by atoms with van der Waals surface area (Å²) in [5, 5.41) is 0. The topological polar surface area (TPSA) is 16.8 Å². The van der Waals surface area contributed by atoms with Crippen LogP contribution in [-0.4, -0.2) is 4.98 Å². The van der Waals surface area contributed by atoms with E-state index in [4.69, 9.17) is 4.98 Å². The Labute approximate surface area is 177 Å². The van der Waals surface area contributed by atoms with Crippen molar-refractivity contribution in [2.45, 2.75) is 96.4 Å². The second-order valence-electron chi connectivity index (χ2n) is 9.85. The van der Waals surface area contributed by atoms with E-state index in [1.807, 2.05) is 6.20 Å². The summed E-state index contributed by atoms with van der Waals surface area (Å²) in [5.41, 5.74) is 8.04. The molecule has 0 fully saturated rings. The van der Waals surface area contributed by atoms with Gasteiger partial charge in [-0.1, -0.05) is 67.4 Å². The van der Waals surface area contributed by atoms with Crippen LogP contribution in [0.5, 0.6) is 0 Å². The highest BCUT2D eigenvalue weighted by molar-refractivity contribution is 5.87. The molecule has 0 spiro atoms. The molecule has 0 N–H and O–H groups in total. The molecular formula is C27H37N2+. The van der Waals surface area contributed by atoms with E-state index in [-0.39, 0.29) is 16.4 Å². The largest absolute Gasteiger partial charge is 0.260 e. The van der Waals surface area contributed by atoms with Crippen LogP contribution in [0, 0.1) is 0 Å². The molecule has 2 aromatic rings. The molecule has 0 bridgehead atoms. The van der Waals surface area contributed by atoms with Gasteiger partial charge >= 0.3 is 0 Å². The lowest BCUT2D eigenvalue weighted by Crippen LogP contribution is -2.62. The maximum absolute atomic E-state index is 5.01. The highest BCUT2D eigenvalue weighted by Crippen LogP contribution is 2.58. The first kappa shape index (κ1) is 20.3. The van der Waals surface area contributed by atoms with Gasteiger partial charge < -0.3 is 0 Å². The van der Waals surface area contributed by atoms with Gasteiger partial charge in [0, 0.05) is 52.6 Å². The number of hydrogen-bond acceptors (Lipinski definition) is 1. The van der Waals surface area contributed by atoms with E-state index in [9.17, 15) is 0 Å². The van der Waals surface area contributed by atoms with E-state index in [0.29, 0.717) is 0 Å². The minimum absolute atomic E-state index is 0.0308. The van der Waals surface area contributed by atoms with Crippen LogP contribution in [0.25, 0.3) is 16.8 Å². The summed E-state index contributed by atoms with van der Waals surface area (Å²) in [5.74, 6) is 0. The molecule has 0 radical (unpaired) electrons. The molecule has 29 heavy (non-hydrogen) atoms. The van der Waals surface area contributed by atoms with E-state index in [1.54, 1.807) is 0 Å². The highest BCUT2D eigenvalue weighted by Gasteiger charge is 2.57. The molecule has 0 saturated heterocycles. The zero-order valence-electron chi connectivity index (χ0n) is 19.2.